The molecule has 1 aromatic heterocycles. The number of hydrogen-bond donors (Lipinski definition) is 1. The molecule has 1 aliphatic rings. The molecule has 1 fully saturated rings. The van der Waals surface area contributed by atoms with Crippen LogP contribution in [-0.4, -0.2) is 56.2 Å². The van der Waals surface area contributed by atoms with Crippen molar-refractivity contribution in [3.63, 3.8) is 0 Å². The van der Waals surface area contributed by atoms with Crippen LogP contribution < -0.4 is 10.2 Å². The summed E-state index contributed by atoms with van der Waals surface area (Å²) in [7, 11) is 4.02. The molecule has 0 aliphatic carbocycles. The van der Waals surface area contributed by atoms with E-state index in [1.165, 1.54) is 16.7 Å². The molecule has 160 valence electrons. The molecule has 0 saturated carbocycles. The summed E-state index contributed by atoms with van der Waals surface area (Å²) in [4.78, 5) is 13.8. The first-order chi connectivity index (χ1) is 13.5. The number of guanidine groups is 1. The van der Waals surface area contributed by atoms with Crippen molar-refractivity contribution >= 4 is 46.4 Å². The topological polar surface area (TPSA) is 53.0 Å². The smallest absolute Gasteiger partial charge is 0.194 e. The van der Waals surface area contributed by atoms with Crippen LogP contribution in [0.2, 0.25) is 0 Å². The van der Waals surface area contributed by atoms with Crippen molar-refractivity contribution in [2.45, 2.75) is 33.4 Å². The third-order valence-electron chi connectivity index (χ3n) is 4.79. The van der Waals surface area contributed by atoms with Crippen molar-refractivity contribution in [3.05, 3.63) is 46.0 Å². The Balaban J connectivity index is 0.00000300. The Morgan fingerprint density at radius 1 is 1.38 bits per heavy atom. The molecule has 8 heteroatoms. The molecule has 1 saturated heterocycles. The van der Waals surface area contributed by atoms with E-state index in [1.807, 2.05) is 19.0 Å². The minimum atomic E-state index is 0. The van der Waals surface area contributed by atoms with Gasteiger partial charge in [-0.25, -0.2) is 9.98 Å². The van der Waals surface area contributed by atoms with Crippen LogP contribution in [0.15, 0.2) is 28.6 Å². The van der Waals surface area contributed by atoms with Gasteiger partial charge in [0.05, 0.1) is 25.4 Å². The van der Waals surface area contributed by atoms with Gasteiger partial charge in [0.25, 0.3) is 0 Å². The fraction of sp³-hybridized carbons (Fsp3) is 0.524. The zero-order valence-electron chi connectivity index (χ0n) is 17.9. The van der Waals surface area contributed by atoms with Gasteiger partial charge in [-0.2, -0.15) is 0 Å². The lowest BCUT2D eigenvalue weighted by Crippen LogP contribution is -2.48. The van der Waals surface area contributed by atoms with E-state index in [-0.39, 0.29) is 30.1 Å². The third kappa shape index (κ3) is 6.29. The Hall–Kier alpha value is -1.39. The average molecular weight is 529 g/mol. The number of morpholine rings is 1. The van der Waals surface area contributed by atoms with Crippen LogP contribution in [0, 0.1) is 13.8 Å². The van der Waals surface area contributed by atoms with E-state index in [1.54, 1.807) is 11.3 Å². The second-order valence-electron chi connectivity index (χ2n) is 7.35. The lowest BCUT2D eigenvalue weighted by atomic mass is 10.00. The van der Waals surface area contributed by atoms with Gasteiger partial charge < -0.3 is 19.9 Å². The zero-order chi connectivity index (χ0) is 20.1. The largest absolute Gasteiger partial charge is 0.370 e. The van der Waals surface area contributed by atoms with Crippen LogP contribution in [0.1, 0.15) is 35.4 Å². The highest BCUT2D eigenvalue weighted by Gasteiger charge is 2.25. The quantitative estimate of drug-likeness (QED) is 0.361. The molecule has 0 bridgehead atoms. The molecular weight excluding hydrogens is 497 g/mol. The Kier molecular flexibility index (Phi) is 9.16. The molecule has 2 aromatic rings. The van der Waals surface area contributed by atoms with E-state index in [4.69, 9.17) is 9.73 Å². The van der Waals surface area contributed by atoms with Crippen LogP contribution in [0.5, 0.6) is 0 Å². The predicted molar refractivity (Wildman–Crippen MR) is 133 cm³/mol. The molecule has 29 heavy (non-hydrogen) atoms. The predicted octanol–water partition coefficient (Wildman–Crippen LogP) is 3.98. The van der Waals surface area contributed by atoms with E-state index in [9.17, 15) is 0 Å². The first-order valence-corrected chi connectivity index (χ1v) is 10.7. The average Bonchev–Trinajstić information content (AvgIpc) is 3.14. The summed E-state index contributed by atoms with van der Waals surface area (Å²) in [6.07, 6.45) is 0.0674. The van der Waals surface area contributed by atoms with E-state index in [0.717, 1.165) is 36.4 Å². The molecule has 0 spiro atoms. The summed E-state index contributed by atoms with van der Waals surface area (Å²) in [6.45, 7) is 10.1. The maximum atomic E-state index is 6.10. The van der Waals surface area contributed by atoms with Crippen LogP contribution >= 0.6 is 35.3 Å². The standard InChI is InChI=1S/C21H31N5OS.HI/c1-6-22-20(23-12-17-14-28-21(24-17)25(4)5)26-9-10-27-19(13-26)18-8-7-15(2)11-16(18)3;/h7-8,11,14,19H,6,9-10,12-13H2,1-5H3,(H,22,23);1H. The Bertz CT molecular complexity index is 823. The monoisotopic (exact) mass is 529 g/mol. The van der Waals surface area contributed by atoms with E-state index >= 15 is 0 Å². The van der Waals surface area contributed by atoms with E-state index < -0.39 is 0 Å². The van der Waals surface area contributed by atoms with Gasteiger partial charge in [-0.05, 0) is 31.9 Å². The number of ether oxygens (including phenoxy) is 1. The molecule has 1 aliphatic heterocycles. The van der Waals surface area contributed by atoms with Gasteiger partial charge in [-0.1, -0.05) is 23.8 Å². The first-order valence-electron chi connectivity index (χ1n) is 9.81. The number of hydrogen-bond acceptors (Lipinski definition) is 5. The molecule has 0 amide bonds. The maximum Gasteiger partial charge on any atom is 0.194 e. The number of benzene rings is 1. The second kappa shape index (κ2) is 11.1. The SMILES string of the molecule is CCNC(=NCc1csc(N(C)C)n1)N1CCOC(c2ccc(C)cc2C)C1.I. The van der Waals surface area contributed by atoms with Gasteiger partial charge in [-0.15, -0.1) is 35.3 Å². The van der Waals surface area contributed by atoms with Gasteiger partial charge in [0, 0.05) is 32.6 Å². The highest BCUT2D eigenvalue weighted by Crippen LogP contribution is 2.26. The molecular formula is C21H32IN5OS. The van der Waals surface area contributed by atoms with Gasteiger partial charge >= 0.3 is 0 Å². The molecule has 1 aromatic carbocycles. The number of rotatable bonds is 5. The Labute approximate surface area is 195 Å². The maximum absolute atomic E-state index is 6.10. The summed E-state index contributed by atoms with van der Waals surface area (Å²) < 4.78 is 6.10. The minimum absolute atomic E-state index is 0. The molecule has 3 rings (SSSR count). The summed E-state index contributed by atoms with van der Waals surface area (Å²) in [5.74, 6) is 0.931. The number of nitrogens with one attached hydrogen (secondary N) is 1. The van der Waals surface area contributed by atoms with Crippen molar-refractivity contribution in [2.24, 2.45) is 4.99 Å². The summed E-state index contributed by atoms with van der Waals surface area (Å²) in [5.41, 5.74) is 4.83. The van der Waals surface area contributed by atoms with Crippen molar-refractivity contribution in [1.82, 2.24) is 15.2 Å². The summed E-state index contributed by atoms with van der Waals surface area (Å²) in [5, 5.41) is 6.53. The lowest BCUT2D eigenvalue weighted by molar-refractivity contribution is -0.00834. The lowest BCUT2D eigenvalue weighted by Gasteiger charge is -2.36. The van der Waals surface area contributed by atoms with Gasteiger partial charge in [-0.3, -0.25) is 0 Å². The number of aryl methyl sites for hydroxylation is 2. The van der Waals surface area contributed by atoms with Crippen molar-refractivity contribution < 1.29 is 4.74 Å². The number of nitrogens with zero attached hydrogens (tertiary/aromatic N) is 4. The third-order valence-corrected chi connectivity index (χ3v) is 5.84. The number of anilines is 1. The number of aromatic nitrogens is 1. The highest BCUT2D eigenvalue weighted by atomic mass is 127. The van der Waals surface area contributed by atoms with E-state index in [0.29, 0.717) is 13.2 Å². The second-order valence-corrected chi connectivity index (χ2v) is 8.19. The zero-order valence-corrected chi connectivity index (χ0v) is 21.1. The summed E-state index contributed by atoms with van der Waals surface area (Å²) in [6, 6.07) is 6.58. The van der Waals surface area contributed by atoms with E-state index in [2.05, 4.69) is 59.6 Å². The summed E-state index contributed by atoms with van der Waals surface area (Å²) >= 11 is 1.65. The van der Waals surface area contributed by atoms with Crippen molar-refractivity contribution in [3.8, 4) is 0 Å². The molecule has 1 N–H and O–H groups in total. The van der Waals surface area contributed by atoms with Gasteiger partial charge in [0.2, 0.25) is 0 Å². The normalized spacial score (nSPS) is 17.1. The fourth-order valence-electron chi connectivity index (χ4n) is 3.37. The number of aliphatic imine (C=N–C) groups is 1. The minimum Gasteiger partial charge on any atom is -0.370 e. The number of thiazole rings is 1. The molecule has 0 radical (unpaired) electrons. The Morgan fingerprint density at radius 2 is 2.17 bits per heavy atom. The van der Waals surface area contributed by atoms with Gasteiger partial charge in [0.15, 0.2) is 11.1 Å². The van der Waals surface area contributed by atoms with Gasteiger partial charge in [0.1, 0.15) is 6.10 Å². The molecule has 1 atom stereocenters. The van der Waals surface area contributed by atoms with Crippen LogP contribution in [-0.2, 0) is 11.3 Å². The first kappa shape index (κ1) is 23.9. The highest BCUT2D eigenvalue weighted by molar-refractivity contribution is 14.0. The van der Waals surface area contributed by atoms with Crippen LogP contribution in [0.4, 0.5) is 5.13 Å². The van der Waals surface area contributed by atoms with Crippen LogP contribution in [0.25, 0.3) is 0 Å². The van der Waals surface area contributed by atoms with Crippen molar-refractivity contribution in [2.75, 3.05) is 45.2 Å². The fourth-order valence-corrected chi connectivity index (χ4v) is 4.12. The molecule has 2 heterocycles. The Morgan fingerprint density at radius 3 is 2.83 bits per heavy atom. The van der Waals surface area contributed by atoms with Crippen LogP contribution in [0.3, 0.4) is 0 Å². The van der Waals surface area contributed by atoms with Crippen molar-refractivity contribution in [1.29, 1.82) is 0 Å². The molecule has 6 nitrogen and oxygen atoms in total. The molecule has 1 unspecified atom stereocenters. The number of halogens is 1.